The average Bonchev–Trinajstić information content (AvgIpc) is 2.38. The van der Waals surface area contributed by atoms with Crippen molar-refractivity contribution in [3.8, 4) is 0 Å². The molecule has 7 heteroatoms. The van der Waals surface area contributed by atoms with Crippen molar-refractivity contribution in [3.63, 3.8) is 0 Å². The maximum Gasteiger partial charge on any atom is 0.269 e. The average molecular weight is 248 g/mol. The molecular formula is C11H12N4O3. The van der Waals surface area contributed by atoms with E-state index in [1.165, 1.54) is 12.1 Å². The topological polar surface area (TPSA) is 96.6 Å². The van der Waals surface area contributed by atoms with Gasteiger partial charge in [-0.3, -0.25) is 20.3 Å². The molecule has 2 N–H and O–H groups in total. The molecule has 2 rings (SSSR count). The summed E-state index contributed by atoms with van der Waals surface area (Å²) in [5.74, 6) is -0.171. The number of nitrogens with zero attached hydrogens (tertiary/aromatic N) is 2. The maximum absolute atomic E-state index is 11.4. The van der Waals surface area contributed by atoms with Gasteiger partial charge in [-0.1, -0.05) is 0 Å². The summed E-state index contributed by atoms with van der Waals surface area (Å²) in [5.41, 5.74) is 3.78. The molecule has 0 aromatic heterocycles. The summed E-state index contributed by atoms with van der Waals surface area (Å²) in [6, 6.07) is 5.85. The highest BCUT2D eigenvalue weighted by Crippen LogP contribution is 2.15. The Balaban J connectivity index is 2.03. The minimum Gasteiger partial charge on any atom is -0.351 e. The van der Waals surface area contributed by atoms with Crippen LogP contribution in [0.3, 0.4) is 0 Å². The lowest BCUT2D eigenvalue weighted by atomic mass is 10.1. The molecule has 1 fully saturated rings. The first-order valence-electron chi connectivity index (χ1n) is 5.52. The SMILES string of the molecule is O=C1NCCC/C1=N\Nc1ccc([N+](=O)[O-])cc1. The van der Waals surface area contributed by atoms with Crippen LogP contribution in [0.2, 0.25) is 0 Å². The molecule has 0 spiro atoms. The molecule has 1 aromatic carbocycles. The largest absolute Gasteiger partial charge is 0.351 e. The van der Waals surface area contributed by atoms with E-state index in [2.05, 4.69) is 15.8 Å². The van der Waals surface area contributed by atoms with Crippen LogP contribution in [0.15, 0.2) is 29.4 Å². The maximum atomic E-state index is 11.4. The zero-order valence-corrected chi connectivity index (χ0v) is 9.55. The van der Waals surface area contributed by atoms with E-state index in [0.717, 1.165) is 6.42 Å². The van der Waals surface area contributed by atoms with E-state index in [0.29, 0.717) is 24.4 Å². The number of carbonyl (C=O) groups excluding carboxylic acids is 1. The number of nitro benzene ring substituents is 1. The quantitative estimate of drug-likeness (QED) is 0.621. The van der Waals surface area contributed by atoms with E-state index < -0.39 is 4.92 Å². The van der Waals surface area contributed by atoms with E-state index in [1.54, 1.807) is 12.1 Å². The number of benzene rings is 1. The van der Waals surface area contributed by atoms with Crippen LogP contribution in [-0.4, -0.2) is 23.1 Å². The lowest BCUT2D eigenvalue weighted by Crippen LogP contribution is -2.37. The molecular weight excluding hydrogens is 236 g/mol. The summed E-state index contributed by atoms with van der Waals surface area (Å²) >= 11 is 0. The van der Waals surface area contributed by atoms with Crippen molar-refractivity contribution in [1.29, 1.82) is 0 Å². The minimum absolute atomic E-state index is 0.0172. The first-order valence-corrected chi connectivity index (χ1v) is 5.52. The summed E-state index contributed by atoms with van der Waals surface area (Å²) in [7, 11) is 0. The van der Waals surface area contributed by atoms with Crippen molar-refractivity contribution in [2.75, 3.05) is 12.0 Å². The summed E-state index contributed by atoms with van der Waals surface area (Å²) in [5, 5.41) is 17.2. The molecule has 0 atom stereocenters. The van der Waals surface area contributed by atoms with Gasteiger partial charge in [0.2, 0.25) is 0 Å². The number of hydrogen-bond acceptors (Lipinski definition) is 5. The molecule has 1 saturated heterocycles. The highest BCUT2D eigenvalue weighted by atomic mass is 16.6. The van der Waals surface area contributed by atoms with Crippen LogP contribution in [0.4, 0.5) is 11.4 Å². The molecule has 1 aliphatic heterocycles. The Morgan fingerprint density at radius 2 is 2.06 bits per heavy atom. The fourth-order valence-electron chi connectivity index (χ4n) is 1.57. The summed E-state index contributed by atoms with van der Waals surface area (Å²) in [6.45, 7) is 0.676. The second-order valence-corrected chi connectivity index (χ2v) is 3.83. The smallest absolute Gasteiger partial charge is 0.269 e. The third-order valence-corrected chi connectivity index (χ3v) is 2.54. The number of piperidine rings is 1. The Bertz CT molecular complexity index is 496. The van der Waals surface area contributed by atoms with E-state index in [9.17, 15) is 14.9 Å². The number of anilines is 1. The molecule has 1 aromatic rings. The van der Waals surface area contributed by atoms with Gasteiger partial charge in [0, 0.05) is 18.7 Å². The van der Waals surface area contributed by atoms with Gasteiger partial charge in [-0.2, -0.15) is 5.10 Å². The van der Waals surface area contributed by atoms with Gasteiger partial charge in [-0.15, -0.1) is 0 Å². The van der Waals surface area contributed by atoms with Crippen LogP contribution in [0.5, 0.6) is 0 Å². The molecule has 0 unspecified atom stereocenters. The predicted octanol–water partition coefficient (Wildman–Crippen LogP) is 1.27. The molecule has 7 nitrogen and oxygen atoms in total. The Morgan fingerprint density at radius 1 is 1.33 bits per heavy atom. The standard InChI is InChI=1S/C11H12N4O3/c16-11-10(2-1-7-12-11)14-13-8-3-5-9(6-4-8)15(17)18/h3-6,13H,1-2,7H2,(H,12,16)/b14-10+. The Morgan fingerprint density at radius 3 is 2.67 bits per heavy atom. The van der Waals surface area contributed by atoms with Gasteiger partial charge >= 0.3 is 0 Å². The number of non-ortho nitro benzene ring substituents is 1. The minimum atomic E-state index is -0.468. The van der Waals surface area contributed by atoms with Crippen molar-refractivity contribution >= 4 is 23.0 Å². The Hall–Kier alpha value is -2.44. The third-order valence-electron chi connectivity index (χ3n) is 2.54. The normalized spacial score (nSPS) is 17.3. The van der Waals surface area contributed by atoms with Crippen molar-refractivity contribution in [2.24, 2.45) is 5.10 Å². The van der Waals surface area contributed by atoms with Crippen LogP contribution in [0.25, 0.3) is 0 Å². The Labute approximate surface area is 103 Å². The predicted molar refractivity (Wildman–Crippen MR) is 66.4 cm³/mol. The number of amides is 1. The lowest BCUT2D eigenvalue weighted by Gasteiger charge is -2.13. The van der Waals surface area contributed by atoms with Gasteiger partial charge in [0.1, 0.15) is 5.71 Å². The number of hydrazone groups is 1. The highest BCUT2D eigenvalue weighted by Gasteiger charge is 2.15. The van der Waals surface area contributed by atoms with Crippen LogP contribution in [0.1, 0.15) is 12.8 Å². The summed E-state index contributed by atoms with van der Waals surface area (Å²) in [4.78, 5) is 21.4. The number of rotatable bonds is 3. The van der Waals surface area contributed by atoms with Crippen LogP contribution >= 0.6 is 0 Å². The summed E-state index contributed by atoms with van der Waals surface area (Å²) < 4.78 is 0. The number of hydrogen-bond donors (Lipinski definition) is 2. The molecule has 18 heavy (non-hydrogen) atoms. The molecule has 1 heterocycles. The monoisotopic (exact) mass is 248 g/mol. The van der Waals surface area contributed by atoms with E-state index in [-0.39, 0.29) is 11.6 Å². The summed E-state index contributed by atoms with van der Waals surface area (Å²) in [6.07, 6.45) is 1.50. The van der Waals surface area contributed by atoms with Crippen LogP contribution in [-0.2, 0) is 4.79 Å². The van der Waals surface area contributed by atoms with Gasteiger partial charge in [-0.25, -0.2) is 0 Å². The molecule has 94 valence electrons. The second-order valence-electron chi connectivity index (χ2n) is 3.83. The zero-order valence-electron chi connectivity index (χ0n) is 9.55. The highest BCUT2D eigenvalue weighted by molar-refractivity contribution is 6.39. The van der Waals surface area contributed by atoms with Crippen molar-refractivity contribution in [3.05, 3.63) is 34.4 Å². The van der Waals surface area contributed by atoms with Gasteiger partial charge < -0.3 is 5.32 Å². The molecule has 0 bridgehead atoms. The van der Waals surface area contributed by atoms with Crippen molar-refractivity contribution in [1.82, 2.24) is 5.32 Å². The van der Waals surface area contributed by atoms with Gasteiger partial charge in [-0.05, 0) is 25.0 Å². The van der Waals surface area contributed by atoms with Gasteiger partial charge in [0.15, 0.2) is 0 Å². The first-order chi connectivity index (χ1) is 8.66. The fourth-order valence-corrected chi connectivity index (χ4v) is 1.57. The zero-order chi connectivity index (χ0) is 13.0. The van der Waals surface area contributed by atoms with E-state index in [4.69, 9.17) is 0 Å². The van der Waals surface area contributed by atoms with E-state index in [1.807, 2.05) is 0 Å². The fraction of sp³-hybridized carbons (Fsp3) is 0.273. The molecule has 0 aliphatic carbocycles. The van der Waals surface area contributed by atoms with Crippen LogP contribution in [0, 0.1) is 10.1 Å². The number of carbonyl (C=O) groups is 1. The number of nitro groups is 1. The lowest BCUT2D eigenvalue weighted by molar-refractivity contribution is -0.384. The molecule has 0 radical (unpaired) electrons. The molecule has 1 amide bonds. The third kappa shape index (κ3) is 2.82. The van der Waals surface area contributed by atoms with Crippen molar-refractivity contribution in [2.45, 2.75) is 12.8 Å². The van der Waals surface area contributed by atoms with Gasteiger partial charge in [0.05, 0.1) is 10.6 Å². The number of nitrogens with one attached hydrogen (secondary N) is 2. The molecule has 1 aliphatic rings. The van der Waals surface area contributed by atoms with Crippen LogP contribution < -0.4 is 10.7 Å². The van der Waals surface area contributed by atoms with Crippen molar-refractivity contribution < 1.29 is 9.72 Å². The van der Waals surface area contributed by atoms with E-state index >= 15 is 0 Å². The van der Waals surface area contributed by atoms with Gasteiger partial charge in [0.25, 0.3) is 11.6 Å². The first kappa shape index (κ1) is 12.0. The molecule has 0 saturated carbocycles. The Kier molecular flexibility index (Phi) is 3.52. The second kappa shape index (κ2) is 5.26.